The van der Waals surface area contributed by atoms with Crippen LogP contribution in [-0.2, 0) is 0 Å². The van der Waals surface area contributed by atoms with Gasteiger partial charge in [0.2, 0.25) is 5.56 Å². The van der Waals surface area contributed by atoms with Crippen LogP contribution in [0, 0.1) is 0 Å². The number of amides is 1. The van der Waals surface area contributed by atoms with Gasteiger partial charge in [-0.2, -0.15) is 0 Å². The highest BCUT2D eigenvalue weighted by Crippen LogP contribution is 2.10. The van der Waals surface area contributed by atoms with E-state index in [0.29, 0.717) is 5.56 Å². The number of hydrogen-bond donors (Lipinski definition) is 2. The molecule has 0 spiro atoms. The SMILES string of the molecule is CC(CCl)(CCl)NC(=O)c1ccc(=O)[nH]c1. The van der Waals surface area contributed by atoms with Gasteiger partial charge in [0.15, 0.2) is 0 Å². The Kier molecular flexibility index (Phi) is 4.38. The molecule has 0 saturated carbocycles. The summed E-state index contributed by atoms with van der Waals surface area (Å²) in [5.41, 5.74) is -0.550. The number of aromatic amines is 1. The molecule has 1 amide bonds. The van der Waals surface area contributed by atoms with Crippen LogP contribution >= 0.6 is 23.2 Å². The molecule has 0 atom stereocenters. The maximum absolute atomic E-state index is 11.7. The van der Waals surface area contributed by atoms with Crippen LogP contribution in [0.1, 0.15) is 17.3 Å². The van der Waals surface area contributed by atoms with E-state index < -0.39 is 5.54 Å². The van der Waals surface area contributed by atoms with E-state index in [1.54, 1.807) is 6.92 Å². The molecule has 2 N–H and O–H groups in total. The third-order valence-electron chi connectivity index (χ3n) is 2.05. The minimum Gasteiger partial charge on any atom is -0.344 e. The summed E-state index contributed by atoms with van der Waals surface area (Å²) in [6.07, 6.45) is 1.35. The Morgan fingerprint density at radius 2 is 2.06 bits per heavy atom. The zero-order chi connectivity index (χ0) is 12.2. The van der Waals surface area contributed by atoms with Gasteiger partial charge in [0.05, 0.1) is 11.1 Å². The second-order valence-electron chi connectivity index (χ2n) is 3.72. The molecule has 0 saturated heterocycles. The molecule has 4 nitrogen and oxygen atoms in total. The molecule has 0 aliphatic carbocycles. The van der Waals surface area contributed by atoms with Crippen molar-refractivity contribution in [3.8, 4) is 0 Å². The van der Waals surface area contributed by atoms with Crippen LogP contribution in [0.4, 0.5) is 0 Å². The first-order valence-corrected chi connectivity index (χ1v) is 5.71. The van der Waals surface area contributed by atoms with E-state index in [0.717, 1.165) is 0 Å². The lowest BCUT2D eigenvalue weighted by atomic mass is 10.1. The largest absolute Gasteiger partial charge is 0.344 e. The van der Waals surface area contributed by atoms with Crippen LogP contribution in [0.5, 0.6) is 0 Å². The van der Waals surface area contributed by atoms with Gasteiger partial charge < -0.3 is 10.3 Å². The predicted octanol–water partition coefficient (Wildman–Crippen LogP) is 1.34. The molecule has 16 heavy (non-hydrogen) atoms. The molecule has 1 aromatic heterocycles. The van der Waals surface area contributed by atoms with Crippen molar-refractivity contribution >= 4 is 29.1 Å². The summed E-state index contributed by atoms with van der Waals surface area (Å²) in [6, 6.07) is 2.73. The summed E-state index contributed by atoms with van der Waals surface area (Å²) >= 11 is 11.4. The number of hydrogen-bond acceptors (Lipinski definition) is 2. The van der Waals surface area contributed by atoms with Gasteiger partial charge in [0.25, 0.3) is 5.91 Å². The Morgan fingerprint density at radius 3 is 2.50 bits per heavy atom. The number of H-pyrrole nitrogens is 1. The van der Waals surface area contributed by atoms with Crippen LogP contribution in [0.15, 0.2) is 23.1 Å². The van der Waals surface area contributed by atoms with Crippen molar-refractivity contribution in [2.75, 3.05) is 11.8 Å². The second kappa shape index (κ2) is 5.37. The summed E-state index contributed by atoms with van der Waals surface area (Å²) < 4.78 is 0. The standard InChI is InChI=1S/C10H12Cl2N2O2/c1-10(5-11,6-12)14-9(16)7-2-3-8(15)13-4-7/h2-4H,5-6H2,1H3,(H,13,15)(H,14,16). The lowest BCUT2D eigenvalue weighted by molar-refractivity contribution is 0.0921. The van der Waals surface area contributed by atoms with E-state index in [1.807, 2.05) is 0 Å². The number of carbonyl (C=O) groups excluding carboxylic acids is 1. The fraction of sp³-hybridized carbons (Fsp3) is 0.400. The predicted molar refractivity (Wildman–Crippen MR) is 64.4 cm³/mol. The molecular formula is C10H12Cl2N2O2. The van der Waals surface area contributed by atoms with Crippen molar-refractivity contribution in [2.45, 2.75) is 12.5 Å². The molecule has 6 heteroatoms. The van der Waals surface area contributed by atoms with Crippen LogP contribution in [0.2, 0.25) is 0 Å². The first-order chi connectivity index (χ1) is 7.50. The maximum Gasteiger partial charge on any atom is 0.253 e. The van der Waals surface area contributed by atoms with Crippen molar-refractivity contribution < 1.29 is 4.79 Å². The molecule has 0 bridgehead atoms. The molecule has 1 rings (SSSR count). The first-order valence-electron chi connectivity index (χ1n) is 4.64. The summed E-state index contributed by atoms with van der Waals surface area (Å²) in [5, 5.41) is 2.70. The van der Waals surface area contributed by atoms with Crippen molar-refractivity contribution in [2.24, 2.45) is 0 Å². The zero-order valence-corrected chi connectivity index (χ0v) is 10.2. The average molecular weight is 263 g/mol. The number of carbonyl (C=O) groups is 1. The Balaban J connectivity index is 2.80. The van der Waals surface area contributed by atoms with Crippen LogP contribution in [0.3, 0.4) is 0 Å². The molecule has 1 heterocycles. The highest BCUT2D eigenvalue weighted by atomic mass is 35.5. The van der Waals surface area contributed by atoms with E-state index in [4.69, 9.17) is 23.2 Å². The Morgan fingerprint density at radius 1 is 1.44 bits per heavy atom. The molecule has 0 aromatic carbocycles. The number of halogens is 2. The maximum atomic E-state index is 11.7. The third kappa shape index (κ3) is 3.25. The minimum absolute atomic E-state index is 0.214. The Bertz CT molecular complexity index is 407. The lowest BCUT2D eigenvalue weighted by Gasteiger charge is -2.25. The van der Waals surface area contributed by atoms with Gasteiger partial charge in [-0.3, -0.25) is 9.59 Å². The smallest absolute Gasteiger partial charge is 0.253 e. The van der Waals surface area contributed by atoms with Gasteiger partial charge in [-0.15, -0.1) is 23.2 Å². The topological polar surface area (TPSA) is 62.0 Å². The molecule has 88 valence electrons. The Hall–Kier alpha value is -1.00. The molecular weight excluding hydrogens is 251 g/mol. The molecule has 0 aliphatic rings. The van der Waals surface area contributed by atoms with Gasteiger partial charge in [-0.1, -0.05) is 0 Å². The third-order valence-corrected chi connectivity index (χ3v) is 3.23. The van der Waals surface area contributed by atoms with Gasteiger partial charge in [0.1, 0.15) is 0 Å². The minimum atomic E-state index is -0.656. The summed E-state index contributed by atoms with van der Waals surface area (Å²) in [6.45, 7) is 1.75. The van der Waals surface area contributed by atoms with E-state index in [1.165, 1.54) is 18.3 Å². The van der Waals surface area contributed by atoms with Crippen molar-refractivity contribution in [3.63, 3.8) is 0 Å². The fourth-order valence-electron chi connectivity index (χ4n) is 1.00. The van der Waals surface area contributed by atoms with Crippen molar-refractivity contribution in [1.29, 1.82) is 0 Å². The molecule has 0 radical (unpaired) electrons. The van der Waals surface area contributed by atoms with E-state index in [-0.39, 0.29) is 23.2 Å². The fourth-order valence-corrected chi connectivity index (χ4v) is 1.42. The van der Waals surface area contributed by atoms with Gasteiger partial charge in [0, 0.05) is 24.0 Å². The zero-order valence-electron chi connectivity index (χ0n) is 8.72. The molecule has 1 aromatic rings. The van der Waals surface area contributed by atoms with Gasteiger partial charge in [-0.25, -0.2) is 0 Å². The number of rotatable bonds is 4. The van der Waals surface area contributed by atoms with Crippen molar-refractivity contribution in [1.82, 2.24) is 10.3 Å². The first kappa shape index (κ1) is 13.1. The average Bonchev–Trinajstić information content (AvgIpc) is 2.29. The summed E-state index contributed by atoms with van der Waals surface area (Å²) in [5.74, 6) is 0.108. The molecule has 0 unspecified atom stereocenters. The second-order valence-corrected chi connectivity index (χ2v) is 4.26. The highest BCUT2D eigenvalue weighted by Gasteiger charge is 2.24. The van der Waals surface area contributed by atoms with E-state index >= 15 is 0 Å². The number of aromatic nitrogens is 1. The Labute approximate surface area is 103 Å². The van der Waals surface area contributed by atoms with E-state index in [2.05, 4.69) is 10.3 Å². The lowest BCUT2D eigenvalue weighted by Crippen LogP contribution is -2.49. The van der Waals surface area contributed by atoms with Gasteiger partial charge in [-0.05, 0) is 13.0 Å². The molecule has 0 fully saturated rings. The highest BCUT2D eigenvalue weighted by molar-refractivity contribution is 6.22. The van der Waals surface area contributed by atoms with Gasteiger partial charge >= 0.3 is 0 Å². The molecule has 0 aliphatic heterocycles. The number of alkyl halides is 2. The quantitative estimate of drug-likeness (QED) is 0.805. The summed E-state index contributed by atoms with van der Waals surface area (Å²) in [7, 11) is 0. The van der Waals surface area contributed by atoms with Crippen molar-refractivity contribution in [3.05, 3.63) is 34.2 Å². The van der Waals surface area contributed by atoms with E-state index in [9.17, 15) is 9.59 Å². The summed E-state index contributed by atoms with van der Waals surface area (Å²) in [4.78, 5) is 25.0. The number of nitrogens with one attached hydrogen (secondary N) is 2. The number of pyridine rings is 1. The monoisotopic (exact) mass is 262 g/mol. The van der Waals surface area contributed by atoms with Crippen LogP contribution in [-0.4, -0.2) is 28.2 Å². The van der Waals surface area contributed by atoms with Crippen LogP contribution in [0.25, 0.3) is 0 Å². The van der Waals surface area contributed by atoms with Crippen LogP contribution < -0.4 is 10.9 Å². The normalized spacial score (nSPS) is 11.2.